The molecule has 1 aliphatic carbocycles. The topological polar surface area (TPSA) is 20.2 Å². The molecule has 0 fully saturated rings. The summed E-state index contributed by atoms with van der Waals surface area (Å²) in [6.07, 6.45) is 5.02. The Kier molecular flexibility index (Phi) is 3.17. The summed E-state index contributed by atoms with van der Waals surface area (Å²) in [5, 5.41) is 10.6. The van der Waals surface area contributed by atoms with Crippen molar-refractivity contribution in [2.45, 2.75) is 44.6 Å². The van der Waals surface area contributed by atoms with Crippen LogP contribution in [0.1, 0.15) is 43.7 Å². The lowest BCUT2D eigenvalue weighted by molar-refractivity contribution is 0.0272. The predicted octanol–water partition coefficient (Wildman–Crippen LogP) is 3.77. The van der Waals surface area contributed by atoms with E-state index in [2.05, 4.69) is 35.0 Å². The van der Waals surface area contributed by atoms with E-state index in [0.29, 0.717) is 0 Å². The minimum absolute atomic E-state index is 0.560. The molecule has 1 aromatic carbocycles. The van der Waals surface area contributed by atoms with Crippen LogP contribution in [0.15, 0.2) is 22.7 Å². The Morgan fingerprint density at radius 2 is 2.27 bits per heavy atom. The van der Waals surface area contributed by atoms with Crippen molar-refractivity contribution in [3.8, 4) is 0 Å². The molecule has 0 radical (unpaired) electrons. The third kappa shape index (κ3) is 1.98. The van der Waals surface area contributed by atoms with Crippen LogP contribution >= 0.6 is 15.9 Å². The largest absolute Gasteiger partial charge is 0.385 e. The van der Waals surface area contributed by atoms with Gasteiger partial charge in [0.25, 0.3) is 0 Å². The van der Waals surface area contributed by atoms with Crippen molar-refractivity contribution < 1.29 is 5.11 Å². The molecule has 1 unspecified atom stereocenters. The lowest BCUT2D eigenvalue weighted by Crippen LogP contribution is -2.21. The van der Waals surface area contributed by atoms with Crippen molar-refractivity contribution in [3.63, 3.8) is 0 Å². The lowest BCUT2D eigenvalue weighted by atomic mass is 9.90. The fourth-order valence-electron chi connectivity index (χ4n) is 2.44. The molecular weight excluding hydrogens is 252 g/mol. The SMILES string of the molecule is CCCCC1(O)CCc2c(Br)cccc21. The summed E-state index contributed by atoms with van der Waals surface area (Å²) in [4.78, 5) is 0. The Bertz CT molecular complexity index is 362. The number of aliphatic hydroxyl groups is 1. The molecule has 0 bridgehead atoms. The Morgan fingerprint density at radius 1 is 1.47 bits per heavy atom. The van der Waals surface area contributed by atoms with E-state index in [1.54, 1.807) is 0 Å². The first-order valence-corrected chi connectivity index (χ1v) is 6.47. The molecule has 0 aliphatic heterocycles. The van der Waals surface area contributed by atoms with E-state index >= 15 is 0 Å². The Labute approximate surface area is 99.6 Å². The standard InChI is InChI=1S/C13H17BrO/c1-2-3-8-13(15)9-7-10-11(13)5-4-6-12(10)14/h4-6,15H,2-3,7-9H2,1H3. The van der Waals surface area contributed by atoms with E-state index in [9.17, 15) is 5.11 Å². The van der Waals surface area contributed by atoms with E-state index in [0.717, 1.165) is 42.1 Å². The summed E-state index contributed by atoms with van der Waals surface area (Å²) in [5.74, 6) is 0. The number of halogens is 1. The fraction of sp³-hybridized carbons (Fsp3) is 0.538. The quantitative estimate of drug-likeness (QED) is 0.885. The summed E-state index contributed by atoms with van der Waals surface area (Å²) in [7, 11) is 0. The monoisotopic (exact) mass is 268 g/mol. The molecule has 0 spiro atoms. The highest BCUT2D eigenvalue weighted by atomic mass is 79.9. The highest BCUT2D eigenvalue weighted by Crippen LogP contribution is 2.42. The molecular formula is C13H17BrO. The number of rotatable bonds is 3. The van der Waals surface area contributed by atoms with Gasteiger partial charge in [-0.3, -0.25) is 0 Å². The van der Waals surface area contributed by atoms with Crippen molar-refractivity contribution >= 4 is 15.9 Å². The first kappa shape index (κ1) is 11.2. The highest BCUT2D eigenvalue weighted by molar-refractivity contribution is 9.10. The van der Waals surface area contributed by atoms with Crippen LogP contribution in [0.4, 0.5) is 0 Å². The molecule has 0 saturated carbocycles. The Hall–Kier alpha value is -0.340. The maximum atomic E-state index is 10.6. The second kappa shape index (κ2) is 4.26. The molecule has 0 saturated heterocycles. The van der Waals surface area contributed by atoms with Crippen LogP contribution in [-0.2, 0) is 12.0 Å². The third-order valence-corrected chi connectivity index (χ3v) is 4.10. The van der Waals surface area contributed by atoms with Crippen molar-refractivity contribution in [3.05, 3.63) is 33.8 Å². The summed E-state index contributed by atoms with van der Waals surface area (Å²) in [6.45, 7) is 2.17. The van der Waals surface area contributed by atoms with Crippen LogP contribution in [0.2, 0.25) is 0 Å². The fourth-order valence-corrected chi connectivity index (χ4v) is 3.01. The number of hydrogen-bond acceptors (Lipinski definition) is 1. The number of benzene rings is 1. The smallest absolute Gasteiger partial charge is 0.0902 e. The number of hydrogen-bond donors (Lipinski definition) is 1. The van der Waals surface area contributed by atoms with Crippen LogP contribution < -0.4 is 0 Å². The van der Waals surface area contributed by atoms with E-state index in [-0.39, 0.29) is 0 Å². The third-order valence-electron chi connectivity index (χ3n) is 3.35. The van der Waals surface area contributed by atoms with E-state index in [4.69, 9.17) is 0 Å². The van der Waals surface area contributed by atoms with Crippen LogP contribution in [0.5, 0.6) is 0 Å². The first-order valence-electron chi connectivity index (χ1n) is 5.67. The minimum atomic E-state index is -0.560. The highest BCUT2D eigenvalue weighted by Gasteiger charge is 2.36. The van der Waals surface area contributed by atoms with Crippen molar-refractivity contribution in [2.24, 2.45) is 0 Å². The van der Waals surface area contributed by atoms with Gasteiger partial charge in [0.2, 0.25) is 0 Å². The van der Waals surface area contributed by atoms with Crippen molar-refractivity contribution in [2.75, 3.05) is 0 Å². The summed E-state index contributed by atoms with van der Waals surface area (Å²) in [6, 6.07) is 6.15. The minimum Gasteiger partial charge on any atom is -0.385 e. The van der Waals surface area contributed by atoms with Gasteiger partial charge in [-0.25, -0.2) is 0 Å². The zero-order valence-electron chi connectivity index (χ0n) is 9.09. The maximum absolute atomic E-state index is 10.6. The summed E-state index contributed by atoms with van der Waals surface area (Å²) in [5.41, 5.74) is 1.89. The zero-order valence-corrected chi connectivity index (χ0v) is 10.7. The number of fused-ring (bicyclic) bond motifs is 1. The molecule has 1 N–H and O–H groups in total. The van der Waals surface area contributed by atoms with Crippen molar-refractivity contribution in [1.29, 1.82) is 0 Å². The molecule has 2 rings (SSSR count). The van der Waals surface area contributed by atoms with Gasteiger partial charge in [0.15, 0.2) is 0 Å². The second-order valence-electron chi connectivity index (χ2n) is 4.40. The van der Waals surface area contributed by atoms with Gasteiger partial charge in [-0.2, -0.15) is 0 Å². The molecule has 1 nitrogen and oxygen atoms in total. The summed E-state index contributed by atoms with van der Waals surface area (Å²) >= 11 is 3.56. The normalized spacial score (nSPS) is 24.2. The maximum Gasteiger partial charge on any atom is 0.0902 e. The Balaban J connectivity index is 2.31. The average Bonchev–Trinajstić information content (AvgIpc) is 2.56. The molecule has 82 valence electrons. The van der Waals surface area contributed by atoms with E-state index in [1.165, 1.54) is 5.56 Å². The van der Waals surface area contributed by atoms with Crippen LogP contribution in [-0.4, -0.2) is 5.11 Å². The molecule has 2 heteroatoms. The number of unbranched alkanes of at least 4 members (excludes halogenated alkanes) is 1. The molecule has 0 aromatic heterocycles. The van der Waals surface area contributed by atoms with Crippen LogP contribution in [0.25, 0.3) is 0 Å². The average molecular weight is 269 g/mol. The Morgan fingerprint density at radius 3 is 3.00 bits per heavy atom. The van der Waals surface area contributed by atoms with Crippen LogP contribution in [0, 0.1) is 0 Å². The molecule has 1 aliphatic rings. The van der Waals surface area contributed by atoms with Gasteiger partial charge in [0.05, 0.1) is 5.60 Å². The van der Waals surface area contributed by atoms with Gasteiger partial charge in [-0.05, 0) is 36.5 Å². The van der Waals surface area contributed by atoms with E-state index < -0.39 is 5.60 Å². The molecule has 0 amide bonds. The van der Waals surface area contributed by atoms with Crippen LogP contribution in [0.3, 0.4) is 0 Å². The van der Waals surface area contributed by atoms with E-state index in [1.807, 2.05) is 6.07 Å². The van der Waals surface area contributed by atoms with Gasteiger partial charge >= 0.3 is 0 Å². The van der Waals surface area contributed by atoms with Gasteiger partial charge in [0, 0.05) is 4.47 Å². The zero-order chi connectivity index (χ0) is 10.9. The predicted molar refractivity (Wildman–Crippen MR) is 65.9 cm³/mol. The van der Waals surface area contributed by atoms with Gasteiger partial charge in [-0.15, -0.1) is 0 Å². The first-order chi connectivity index (χ1) is 7.17. The summed E-state index contributed by atoms with van der Waals surface area (Å²) < 4.78 is 1.15. The van der Waals surface area contributed by atoms with Gasteiger partial charge in [-0.1, -0.05) is 47.8 Å². The molecule has 1 aromatic rings. The molecule has 15 heavy (non-hydrogen) atoms. The van der Waals surface area contributed by atoms with Gasteiger partial charge in [0.1, 0.15) is 0 Å². The van der Waals surface area contributed by atoms with Crippen molar-refractivity contribution in [1.82, 2.24) is 0 Å². The lowest BCUT2D eigenvalue weighted by Gasteiger charge is -2.23. The molecule has 0 heterocycles. The van der Waals surface area contributed by atoms with Gasteiger partial charge < -0.3 is 5.11 Å². The second-order valence-corrected chi connectivity index (χ2v) is 5.26. The molecule has 1 atom stereocenters.